The summed E-state index contributed by atoms with van der Waals surface area (Å²) in [5.41, 5.74) is 1.81. The van der Waals surface area contributed by atoms with E-state index in [4.69, 9.17) is 0 Å². The number of halogens is 1. The van der Waals surface area contributed by atoms with Crippen molar-refractivity contribution in [1.82, 2.24) is 4.98 Å². The zero-order valence-electron chi connectivity index (χ0n) is 17.7. The van der Waals surface area contributed by atoms with Crippen molar-refractivity contribution >= 4 is 58.9 Å². The fourth-order valence-corrected chi connectivity index (χ4v) is 5.01. The molecule has 33 heavy (non-hydrogen) atoms. The van der Waals surface area contributed by atoms with Gasteiger partial charge in [-0.05, 0) is 67.1 Å². The SMILES string of the molecule is Cc1cc(N(CC(=O)Nc2ccc(S(=O)(=O)Nc3cccnc3)cc2)S(C)(=O)=O)ccc1Br. The standard InChI is InChI=1S/C21H21BrN4O5S2/c1-15-12-18(7-10-20(15)22)26(32(2,28)29)14-21(27)24-16-5-8-19(9-6-16)33(30,31)25-17-4-3-11-23-13-17/h3-13,25H,14H2,1-2H3,(H,24,27). The van der Waals surface area contributed by atoms with Crippen LogP contribution >= 0.6 is 15.9 Å². The third-order valence-corrected chi connectivity index (χ3v) is 7.91. The maximum absolute atomic E-state index is 12.6. The topological polar surface area (TPSA) is 126 Å². The van der Waals surface area contributed by atoms with Crippen LogP contribution in [0, 0.1) is 6.92 Å². The van der Waals surface area contributed by atoms with Crippen LogP contribution < -0.4 is 14.3 Å². The summed E-state index contributed by atoms with van der Waals surface area (Å²) in [4.78, 5) is 16.4. The lowest BCUT2D eigenvalue weighted by Gasteiger charge is -2.22. The van der Waals surface area contributed by atoms with Gasteiger partial charge in [-0.25, -0.2) is 16.8 Å². The van der Waals surface area contributed by atoms with E-state index in [0.717, 1.165) is 20.6 Å². The molecule has 0 saturated heterocycles. The third-order valence-electron chi connectivity index (χ3n) is 4.48. The molecular weight excluding hydrogens is 532 g/mol. The molecule has 0 bridgehead atoms. The van der Waals surface area contributed by atoms with Gasteiger partial charge in [-0.15, -0.1) is 0 Å². The molecule has 0 saturated carbocycles. The quantitative estimate of drug-likeness (QED) is 0.441. The number of hydrogen-bond donors (Lipinski definition) is 2. The molecule has 3 rings (SSSR count). The number of hydrogen-bond acceptors (Lipinski definition) is 6. The molecule has 1 aromatic heterocycles. The molecule has 3 aromatic rings. The second-order valence-corrected chi connectivity index (χ2v) is 11.6. The van der Waals surface area contributed by atoms with E-state index in [1.165, 1.54) is 36.7 Å². The van der Waals surface area contributed by atoms with Crippen molar-refractivity contribution in [2.24, 2.45) is 0 Å². The number of aromatic nitrogens is 1. The van der Waals surface area contributed by atoms with Gasteiger partial charge in [-0.1, -0.05) is 15.9 Å². The maximum Gasteiger partial charge on any atom is 0.261 e. The number of aryl methyl sites for hydroxylation is 1. The van der Waals surface area contributed by atoms with E-state index in [2.05, 4.69) is 31.0 Å². The molecule has 2 N–H and O–H groups in total. The van der Waals surface area contributed by atoms with Crippen molar-refractivity contribution in [3.05, 3.63) is 77.0 Å². The highest BCUT2D eigenvalue weighted by Crippen LogP contribution is 2.25. The molecule has 2 aromatic carbocycles. The number of amides is 1. The van der Waals surface area contributed by atoms with E-state index >= 15 is 0 Å². The molecule has 174 valence electrons. The summed E-state index contributed by atoms with van der Waals surface area (Å²) in [5.74, 6) is -0.579. The Balaban J connectivity index is 1.72. The van der Waals surface area contributed by atoms with Gasteiger partial charge in [-0.3, -0.25) is 18.8 Å². The van der Waals surface area contributed by atoms with E-state index in [1.807, 2.05) is 6.92 Å². The second-order valence-electron chi connectivity index (χ2n) is 7.12. The summed E-state index contributed by atoms with van der Waals surface area (Å²) >= 11 is 3.36. The number of carbonyl (C=O) groups excluding carboxylic acids is 1. The number of carbonyl (C=O) groups is 1. The number of rotatable bonds is 8. The van der Waals surface area contributed by atoms with Crippen LogP contribution in [-0.2, 0) is 24.8 Å². The Morgan fingerprint density at radius 1 is 1.03 bits per heavy atom. The molecule has 1 amide bonds. The molecule has 0 aliphatic carbocycles. The summed E-state index contributed by atoms with van der Waals surface area (Å²) in [5, 5.41) is 2.59. The van der Waals surface area contributed by atoms with Crippen molar-refractivity contribution < 1.29 is 21.6 Å². The summed E-state index contributed by atoms with van der Waals surface area (Å²) in [6.45, 7) is 1.37. The number of anilines is 3. The Morgan fingerprint density at radius 3 is 2.30 bits per heavy atom. The average Bonchev–Trinajstić information content (AvgIpc) is 2.74. The van der Waals surface area contributed by atoms with Gasteiger partial charge in [0.15, 0.2) is 0 Å². The molecule has 12 heteroatoms. The molecule has 0 unspecified atom stereocenters. The number of benzene rings is 2. The van der Waals surface area contributed by atoms with Gasteiger partial charge in [0.25, 0.3) is 10.0 Å². The minimum atomic E-state index is -3.83. The summed E-state index contributed by atoms with van der Waals surface area (Å²) in [6, 6.07) is 13.6. The Labute approximate surface area is 201 Å². The third kappa shape index (κ3) is 6.53. The fraction of sp³-hybridized carbons (Fsp3) is 0.143. The minimum absolute atomic E-state index is 0.00699. The molecule has 1 heterocycles. The molecule has 0 aliphatic rings. The molecule has 0 atom stereocenters. The molecule has 0 radical (unpaired) electrons. The van der Waals surface area contributed by atoms with Crippen LogP contribution in [0.2, 0.25) is 0 Å². The van der Waals surface area contributed by atoms with Gasteiger partial charge < -0.3 is 5.32 Å². The average molecular weight is 553 g/mol. The van der Waals surface area contributed by atoms with Gasteiger partial charge in [0.1, 0.15) is 6.54 Å². The second kappa shape index (κ2) is 9.89. The highest BCUT2D eigenvalue weighted by Gasteiger charge is 2.22. The monoisotopic (exact) mass is 552 g/mol. The predicted molar refractivity (Wildman–Crippen MR) is 131 cm³/mol. The minimum Gasteiger partial charge on any atom is -0.325 e. The fourth-order valence-electron chi connectivity index (χ4n) is 2.87. The number of nitrogens with zero attached hydrogens (tertiary/aromatic N) is 2. The Bertz CT molecular complexity index is 1360. The Hall–Kier alpha value is -2.96. The Morgan fingerprint density at radius 2 is 1.73 bits per heavy atom. The van der Waals surface area contributed by atoms with E-state index in [1.54, 1.807) is 30.3 Å². The van der Waals surface area contributed by atoms with Crippen LogP contribution in [0.15, 0.2) is 76.4 Å². The van der Waals surface area contributed by atoms with Crippen LogP contribution in [0.3, 0.4) is 0 Å². The highest BCUT2D eigenvalue weighted by molar-refractivity contribution is 9.10. The van der Waals surface area contributed by atoms with Crippen molar-refractivity contribution in [3.8, 4) is 0 Å². The number of sulfonamides is 2. The first-order valence-corrected chi connectivity index (χ1v) is 13.6. The first kappa shape index (κ1) is 24.7. The summed E-state index contributed by atoms with van der Waals surface area (Å²) < 4.78 is 53.8. The molecule has 9 nitrogen and oxygen atoms in total. The normalized spacial score (nSPS) is 11.6. The molecular formula is C21H21BrN4O5S2. The van der Waals surface area contributed by atoms with Crippen molar-refractivity contribution in [3.63, 3.8) is 0 Å². The van der Waals surface area contributed by atoms with Crippen molar-refractivity contribution in [2.75, 3.05) is 27.1 Å². The lowest BCUT2D eigenvalue weighted by atomic mass is 10.2. The summed E-state index contributed by atoms with van der Waals surface area (Å²) in [7, 11) is -7.56. The smallest absolute Gasteiger partial charge is 0.261 e. The van der Waals surface area contributed by atoms with E-state index in [-0.39, 0.29) is 4.90 Å². The predicted octanol–water partition coefficient (Wildman–Crippen LogP) is 3.36. The van der Waals surface area contributed by atoms with Crippen LogP contribution in [-0.4, -0.2) is 40.5 Å². The number of pyridine rings is 1. The van der Waals surface area contributed by atoms with Gasteiger partial charge >= 0.3 is 0 Å². The largest absolute Gasteiger partial charge is 0.325 e. The molecule has 0 aliphatic heterocycles. The maximum atomic E-state index is 12.6. The van der Waals surface area contributed by atoms with E-state index in [0.29, 0.717) is 17.1 Å². The van der Waals surface area contributed by atoms with Crippen LogP contribution in [0.1, 0.15) is 5.56 Å². The van der Waals surface area contributed by atoms with Crippen molar-refractivity contribution in [1.29, 1.82) is 0 Å². The lowest BCUT2D eigenvalue weighted by molar-refractivity contribution is -0.114. The van der Waals surface area contributed by atoms with Crippen LogP contribution in [0.25, 0.3) is 0 Å². The van der Waals surface area contributed by atoms with Crippen LogP contribution in [0.4, 0.5) is 17.1 Å². The lowest BCUT2D eigenvalue weighted by Crippen LogP contribution is -2.37. The van der Waals surface area contributed by atoms with E-state index < -0.39 is 32.5 Å². The molecule has 0 spiro atoms. The molecule has 0 fully saturated rings. The summed E-state index contributed by atoms with van der Waals surface area (Å²) in [6.07, 6.45) is 3.93. The Kier molecular flexibility index (Phi) is 7.40. The first-order valence-electron chi connectivity index (χ1n) is 9.52. The zero-order valence-corrected chi connectivity index (χ0v) is 20.9. The van der Waals surface area contributed by atoms with Crippen molar-refractivity contribution in [2.45, 2.75) is 11.8 Å². The van der Waals surface area contributed by atoms with Gasteiger partial charge in [0, 0.05) is 16.4 Å². The van der Waals surface area contributed by atoms with Crippen LogP contribution in [0.5, 0.6) is 0 Å². The van der Waals surface area contributed by atoms with E-state index in [9.17, 15) is 21.6 Å². The zero-order chi connectivity index (χ0) is 24.2. The van der Waals surface area contributed by atoms with Gasteiger partial charge in [0.2, 0.25) is 15.9 Å². The van der Waals surface area contributed by atoms with Gasteiger partial charge in [-0.2, -0.15) is 0 Å². The highest BCUT2D eigenvalue weighted by atomic mass is 79.9. The number of nitrogens with one attached hydrogen (secondary N) is 2. The first-order chi connectivity index (χ1) is 15.5. The van der Waals surface area contributed by atoms with Gasteiger partial charge in [0.05, 0.1) is 28.7 Å².